The van der Waals surface area contributed by atoms with Crippen molar-refractivity contribution in [3.05, 3.63) is 69.8 Å². The molecule has 5 rings (SSSR count). The number of methoxy groups -OCH3 is 1. The van der Waals surface area contributed by atoms with Gasteiger partial charge in [-0.05, 0) is 35.4 Å². The molecular formula is C25H25ClFN5O5S2. The maximum Gasteiger partial charge on any atom is 0.272 e. The van der Waals surface area contributed by atoms with Gasteiger partial charge in [-0.2, -0.15) is 5.10 Å². The number of nitrogens with zero attached hydrogens (tertiary/aromatic N) is 2. The molecule has 4 aromatic rings. The van der Waals surface area contributed by atoms with Gasteiger partial charge in [0.1, 0.15) is 10.3 Å². The summed E-state index contributed by atoms with van der Waals surface area (Å²) in [5.74, 6) is -0.995. The Morgan fingerprint density at radius 3 is 2.82 bits per heavy atom. The number of carbonyl (C=O) groups is 1. The van der Waals surface area contributed by atoms with Crippen molar-refractivity contribution in [1.29, 1.82) is 0 Å². The van der Waals surface area contributed by atoms with Crippen LogP contribution in [0.2, 0.25) is 4.34 Å². The molecule has 0 saturated carbocycles. The van der Waals surface area contributed by atoms with Gasteiger partial charge in [0.15, 0.2) is 17.4 Å². The molecule has 1 unspecified atom stereocenters. The largest absolute Gasteiger partial charge is 0.493 e. The van der Waals surface area contributed by atoms with Gasteiger partial charge in [-0.15, -0.1) is 11.3 Å². The fraction of sp³-hybridized carbons (Fsp3) is 0.280. The Hall–Kier alpha value is -3.23. The first kappa shape index (κ1) is 27.3. The Bertz CT molecular complexity index is 1620. The predicted molar refractivity (Wildman–Crippen MR) is 146 cm³/mol. The molecule has 0 bridgehead atoms. The summed E-state index contributed by atoms with van der Waals surface area (Å²) in [6.07, 6.45) is 0. The molecule has 1 saturated heterocycles. The van der Waals surface area contributed by atoms with Crippen LogP contribution in [0.3, 0.4) is 0 Å². The van der Waals surface area contributed by atoms with E-state index in [1.807, 2.05) is 24.3 Å². The molecule has 3 heterocycles. The van der Waals surface area contributed by atoms with E-state index in [-0.39, 0.29) is 39.7 Å². The third-order valence-corrected chi connectivity index (χ3v) is 9.16. The van der Waals surface area contributed by atoms with Gasteiger partial charge in [0.2, 0.25) is 5.91 Å². The molecule has 10 nitrogen and oxygen atoms in total. The van der Waals surface area contributed by atoms with Gasteiger partial charge in [-0.1, -0.05) is 35.9 Å². The minimum Gasteiger partial charge on any atom is -0.493 e. The van der Waals surface area contributed by atoms with Crippen LogP contribution in [0.5, 0.6) is 5.75 Å². The highest BCUT2D eigenvalue weighted by molar-refractivity contribution is 7.94. The summed E-state index contributed by atoms with van der Waals surface area (Å²) in [6, 6.07) is 12.8. The van der Waals surface area contributed by atoms with Crippen molar-refractivity contribution in [2.75, 3.05) is 31.6 Å². The number of halogens is 2. The molecule has 0 radical (unpaired) electrons. The lowest BCUT2D eigenvalue weighted by molar-refractivity contribution is -0.126. The van der Waals surface area contributed by atoms with Crippen LogP contribution in [-0.2, 0) is 32.6 Å². The van der Waals surface area contributed by atoms with Crippen LogP contribution in [0.15, 0.2) is 52.7 Å². The van der Waals surface area contributed by atoms with E-state index in [0.29, 0.717) is 36.2 Å². The number of thiophene rings is 1. The van der Waals surface area contributed by atoms with Crippen LogP contribution in [0.25, 0.3) is 10.9 Å². The highest BCUT2D eigenvalue weighted by Gasteiger charge is 2.25. The lowest BCUT2D eigenvalue weighted by Crippen LogP contribution is -2.51. The Morgan fingerprint density at radius 1 is 1.28 bits per heavy atom. The smallest absolute Gasteiger partial charge is 0.272 e. The monoisotopic (exact) mass is 593 g/mol. The molecule has 1 amide bonds. The fourth-order valence-electron chi connectivity index (χ4n) is 4.28. The maximum atomic E-state index is 14.6. The quantitative estimate of drug-likeness (QED) is 0.272. The molecule has 1 fully saturated rings. The van der Waals surface area contributed by atoms with Gasteiger partial charge in [-0.3, -0.25) is 14.2 Å². The Balaban J connectivity index is 1.41. The van der Waals surface area contributed by atoms with Crippen LogP contribution in [-0.4, -0.2) is 57.0 Å². The number of hydrogen-bond acceptors (Lipinski definition) is 8. The van der Waals surface area contributed by atoms with E-state index >= 15 is 0 Å². The van der Waals surface area contributed by atoms with Gasteiger partial charge in [0.25, 0.3) is 10.0 Å². The summed E-state index contributed by atoms with van der Waals surface area (Å²) in [7, 11) is -2.73. The molecule has 1 aliphatic heterocycles. The zero-order valence-electron chi connectivity index (χ0n) is 20.7. The van der Waals surface area contributed by atoms with Crippen LogP contribution < -0.4 is 20.1 Å². The molecule has 206 valence electrons. The number of benzene rings is 2. The topological polar surface area (TPSA) is 124 Å². The minimum atomic E-state index is -4.04. The summed E-state index contributed by atoms with van der Waals surface area (Å²) in [5.41, 5.74) is 2.18. The number of amides is 1. The van der Waals surface area contributed by atoms with E-state index in [1.165, 1.54) is 31.4 Å². The number of ether oxygens (including phenoxy) is 2. The number of rotatable bonds is 9. The molecule has 1 aliphatic rings. The number of hydrogen-bond donors (Lipinski definition) is 3. The van der Waals surface area contributed by atoms with E-state index < -0.39 is 15.8 Å². The number of aromatic nitrogens is 2. The van der Waals surface area contributed by atoms with Crippen molar-refractivity contribution in [1.82, 2.24) is 20.4 Å². The molecule has 3 N–H and O–H groups in total. The standard InChI is InChI=1S/C25H25ClFN5O5S2/c1-36-23-17(27)5-6-19-22(23)24(31-39(34,35)21-8-7-20(26)38-21)30-32(19)13-16-4-2-3-15(11-16)12-29-25(33)18-14-37-10-9-28-18/h2-8,11,18,28H,9-10,12-14H2,1H3,(H,29,33)(H,30,31). The zero-order chi connectivity index (χ0) is 27.6. The normalized spacial score (nSPS) is 15.8. The zero-order valence-corrected chi connectivity index (χ0v) is 23.1. The van der Waals surface area contributed by atoms with Crippen molar-refractivity contribution < 1.29 is 27.1 Å². The van der Waals surface area contributed by atoms with E-state index in [2.05, 4.69) is 20.5 Å². The van der Waals surface area contributed by atoms with E-state index in [9.17, 15) is 17.6 Å². The molecule has 39 heavy (non-hydrogen) atoms. The minimum absolute atomic E-state index is 0.00434. The Kier molecular flexibility index (Phi) is 8.05. The fourth-order valence-corrected chi connectivity index (χ4v) is 6.78. The third kappa shape index (κ3) is 6.02. The lowest BCUT2D eigenvalue weighted by atomic mass is 10.1. The number of morpholine rings is 1. The van der Waals surface area contributed by atoms with E-state index in [4.69, 9.17) is 21.1 Å². The second-order valence-electron chi connectivity index (χ2n) is 8.76. The van der Waals surface area contributed by atoms with Crippen molar-refractivity contribution in [2.24, 2.45) is 0 Å². The average molecular weight is 594 g/mol. The molecule has 14 heteroatoms. The Morgan fingerprint density at radius 2 is 2.10 bits per heavy atom. The highest BCUT2D eigenvalue weighted by atomic mass is 35.5. The molecule has 0 aliphatic carbocycles. The molecular weight excluding hydrogens is 569 g/mol. The molecule has 0 spiro atoms. The van der Waals surface area contributed by atoms with E-state index in [1.54, 1.807) is 4.68 Å². The van der Waals surface area contributed by atoms with Crippen molar-refractivity contribution in [3.8, 4) is 5.75 Å². The number of sulfonamides is 1. The first-order valence-corrected chi connectivity index (χ1v) is 14.6. The lowest BCUT2D eigenvalue weighted by Gasteiger charge is -2.22. The summed E-state index contributed by atoms with van der Waals surface area (Å²) in [5, 5.41) is 10.7. The second kappa shape index (κ2) is 11.5. The first-order valence-electron chi connectivity index (χ1n) is 11.9. The van der Waals surface area contributed by atoms with Gasteiger partial charge in [0, 0.05) is 13.1 Å². The van der Waals surface area contributed by atoms with Crippen LogP contribution in [0.4, 0.5) is 10.2 Å². The van der Waals surface area contributed by atoms with Crippen molar-refractivity contribution in [2.45, 2.75) is 23.3 Å². The molecule has 1 atom stereocenters. The SMILES string of the molecule is COc1c(F)ccc2c1c(NS(=O)(=O)c1ccc(Cl)s1)nn2Cc1cccc(CNC(=O)C2COCCN2)c1. The second-order valence-corrected chi connectivity index (χ2v) is 12.4. The Labute approximate surface area is 233 Å². The maximum absolute atomic E-state index is 14.6. The van der Waals surface area contributed by atoms with Gasteiger partial charge < -0.3 is 20.1 Å². The average Bonchev–Trinajstić information content (AvgIpc) is 3.52. The van der Waals surface area contributed by atoms with E-state index in [0.717, 1.165) is 22.5 Å². The van der Waals surface area contributed by atoms with Crippen LogP contribution in [0, 0.1) is 5.82 Å². The van der Waals surface area contributed by atoms with Gasteiger partial charge >= 0.3 is 0 Å². The predicted octanol–water partition coefficient (Wildman–Crippen LogP) is 3.35. The number of anilines is 1. The molecule has 2 aromatic carbocycles. The summed E-state index contributed by atoms with van der Waals surface area (Å²) in [6.45, 7) is 2.10. The summed E-state index contributed by atoms with van der Waals surface area (Å²) < 4.78 is 55.6. The summed E-state index contributed by atoms with van der Waals surface area (Å²) >= 11 is 6.82. The van der Waals surface area contributed by atoms with Crippen molar-refractivity contribution in [3.63, 3.8) is 0 Å². The highest BCUT2D eigenvalue weighted by Crippen LogP contribution is 2.36. The van der Waals surface area contributed by atoms with Crippen LogP contribution >= 0.6 is 22.9 Å². The van der Waals surface area contributed by atoms with Crippen LogP contribution in [0.1, 0.15) is 11.1 Å². The summed E-state index contributed by atoms with van der Waals surface area (Å²) in [4.78, 5) is 12.4. The number of carbonyl (C=O) groups excluding carboxylic acids is 1. The molecule has 2 aromatic heterocycles. The van der Waals surface area contributed by atoms with Gasteiger partial charge in [-0.25, -0.2) is 12.8 Å². The third-order valence-electron chi connectivity index (χ3n) is 6.10. The first-order chi connectivity index (χ1) is 18.7. The van der Waals surface area contributed by atoms with Crippen molar-refractivity contribution >= 4 is 55.6 Å². The number of nitrogens with one attached hydrogen (secondary N) is 3. The van der Waals surface area contributed by atoms with Gasteiger partial charge in [0.05, 0.1) is 42.1 Å². The number of fused-ring (bicyclic) bond motifs is 1.